The molecule has 0 spiro atoms. The van der Waals surface area contributed by atoms with Crippen molar-refractivity contribution in [3.8, 4) is 0 Å². The summed E-state index contributed by atoms with van der Waals surface area (Å²) < 4.78 is 0. The third-order valence-electron chi connectivity index (χ3n) is 3.90. The molecule has 4 heteroatoms. The first kappa shape index (κ1) is 15.9. The summed E-state index contributed by atoms with van der Waals surface area (Å²) in [6.07, 6.45) is 3.77. The summed E-state index contributed by atoms with van der Waals surface area (Å²) in [4.78, 5) is 7.45. The van der Waals surface area contributed by atoms with Gasteiger partial charge in [-0.2, -0.15) is 0 Å². The monoisotopic (exact) mass is 256 g/mol. The maximum atomic E-state index is 5.88. The van der Waals surface area contributed by atoms with E-state index >= 15 is 0 Å². The number of piperazine rings is 1. The molecule has 1 saturated heterocycles. The Morgan fingerprint density at radius 1 is 1.17 bits per heavy atom. The van der Waals surface area contributed by atoms with Crippen LogP contribution >= 0.6 is 0 Å². The summed E-state index contributed by atoms with van der Waals surface area (Å²) in [6, 6.07) is 0.610. The highest BCUT2D eigenvalue weighted by molar-refractivity contribution is 4.79. The van der Waals surface area contributed by atoms with Gasteiger partial charge in [0.25, 0.3) is 0 Å². The van der Waals surface area contributed by atoms with Crippen LogP contribution in [0, 0.1) is 0 Å². The molecule has 0 aromatic carbocycles. The average molecular weight is 256 g/mol. The molecule has 4 nitrogen and oxygen atoms in total. The van der Waals surface area contributed by atoms with Crippen LogP contribution in [0.1, 0.15) is 26.2 Å². The maximum absolute atomic E-state index is 5.88. The third kappa shape index (κ3) is 5.65. The van der Waals surface area contributed by atoms with Gasteiger partial charge in [0, 0.05) is 38.8 Å². The predicted octanol–water partition coefficient (Wildman–Crippen LogP) is 0.683. The summed E-state index contributed by atoms with van der Waals surface area (Å²) in [5.74, 6) is 0. The Bertz CT molecular complexity index is 200. The summed E-state index contributed by atoms with van der Waals surface area (Å²) in [5, 5.41) is 0. The van der Waals surface area contributed by atoms with Crippen molar-refractivity contribution >= 4 is 0 Å². The first-order chi connectivity index (χ1) is 8.67. The fraction of sp³-hybridized carbons (Fsp3) is 1.00. The lowest BCUT2D eigenvalue weighted by Gasteiger charge is -2.39. The second-order valence-corrected chi connectivity index (χ2v) is 5.71. The average Bonchev–Trinajstić information content (AvgIpc) is 2.36. The van der Waals surface area contributed by atoms with Gasteiger partial charge in [0.2, 0.25) is 0 Å². The van der Waals surface area contributed by atoms with Crippen molar-refractivity contribution < 1.29 is 0 Å². The van der Waals surface area contributed by atoms with E-state index in [0.717, 1.165) is 6.54 Å². The standard InChI is InChI=1S/C14H32N4/c1-4-6-14(13-15)18-11-9-17(10-12-18)8-5-7-16(2)3/h14H,4-13,15H2,1-3H3. The molecule has 1 heterocycles. The zero-order valence-corrected chi connectivity index (χ0v) is 12.6. The van der Waals surface area contributed by atoms with Gasteiger partial charge in [-0.15, -0.1) is 0 Å². The van der Waals surface area contributed by atoms with Gasteiger partial charge in [-0.3, -0.25) is 4.90 Å². The molecule has 0 saturated carbocycles. The zero-order chi connectivity index (χ0) is 13.4. The van der Waals surface area contributed by atoms with E-state index in [9.17, 15) is 0 Å². The summed E-state index contributed by atoms with van der Waals surface area (Å²) in [7, 11) is 4.29. The summed E-state index contributed by atoms with van der Waals surface area (Å²) >= 11 is 0. The minimum atomic E-state index is 0.610. The highest BCUT2D eigenvalue weighted by Crippen LogP contribution is 2.10. The van der Waals surface area contributed by atoms with Crippen LogP contribution in [0.3, 0.4) is 0 Å². The number of nitrogens with zero attached hydrogens (tertiary/aromatic N) is 3. The Morgan fingerprint density at radius 2 is 1.83 bits per heavy atom. The fourth-order valence-electron chi connectivity index (χ4n) is 2.75. The molecule has 2 N–H and O–H groups in total. The van der Waals surface area contributed by atoms with Crippen molar-refractivity contribution in [2.24, 2.45) is 5.73 Å². The van der Waals surface area contributed by atoms with E-state index in [1.54, 1.807) is 0 Å². The Balaban J connectivity index is 2.19. The van der Waals surface area contributed by atoms with Crippen LogP contribution in [0.15, 0.2) is 0 Å². The first-order valence-electron chi connectivity index (χ1n) is 7.48. The molecule has 1 aliphatic heterocycles. The van der Waals surface area contributed by atoms with Crippen LogP contribution in [-0.2, 0) is 0 Å². The second kappa shape index (κ2) is 8.86. The van der Waals surface area contributed by atoms with E-state index < -0.39 is 0 Å². The molecule has 1 unspecified atom stereocenters. The van der Waals surface area contributed by atoms with Crippen molar-refractivity contribution in [2.45, 2.75) is 32.2 Å². The smallest absolute Gasteiger partial charge is 0.0219 e. The second-order valence-electron chi connectivity index (χ2n) is 5.71. The van der Waals surface area contributed by atoms with Crippen molar-refractivity contribution in [3.05, 3.63) is 0 Å². The van der Waals surface area contributed by atoms with Gasteiger partial charge in [0.05, 0.1) is 0 Å². The SMILES string of the molecule is CCCC(CN)N1CCN(CCCN(C)C)CC1. The van der Waals surface area contributed by atoms with Gasteiger partial charge in [-0.25, -0.2) is 0 Å². The van der Waals surface area contributed by atoms with Crippen LogP contribution in [-0.4, -0.2) is 80.7 Å². The maximum Gasteiger partial charge on any atom is 0.0219 e. The molecule has 18 heavy (non-hydrogen) atoms. The van der Waals surface area contributed by atoms with Crippen LogP contribution in [0.25, 0.3) is 0 Å². The van der Waals surface area contributed by atoms with E-state index in [2.05, 4.69) is 35.7 Å². The minimum Gasteiger partial charge on any atom is -0.329 e. The summed E-state index contributed by atoms with van der Waals surface area (Å²) in [6.45, 7) is 10.3. The largest absolute Gasteiger partial charge is 0.329 e. The number of hydrogen-bond acceptors (Lipinski definition) is 4. The van der Waals surface area contributed by atoms with Crippen molar-refractivity contribution in [2.75, 3.05) is 59.9 Å². The molecule has 1 rings (SSSR count). The van der Waals surface area contributed by atoms with Gasteiger partial charge >= 0.3 is 0 Å². The van der Waals surface area contributed by atoms with Gasteiger partial charge in [0.15, 0.2) is 0 Å². The van der Waals surface area contributed by atoms with E-state index in [4.69, 9.17) is 5.73 Å². The zero-order valence-electron chi connectivity index (χ0n) is 12.6. The summed E-state index contributed by atoms with van der Waals surface area (Å²) in [5.41, 5.74) is 5.88. The van der Waals surface area contributed by atoms with Crippen molar-refractivity contribution in [1.82, 2.24) is 14.7 Å². The van der Waals surface area contributed by atoms with Crippen LogP contribution in [0.2, 0.25) is 0 Å². The van der Waals surface area contributed by atoms with Gasteiger partial charge in [0.1, 0.15) is 0 Å². The molecule has 0 aromatic rings. The van der Waals surface area contributed by atoms with Gasteiger partial charge < -0.3 is 15.5 Å². The van der Waals surface area contributed by atoms with E-state index in [-0.39, 0.29) is 0 Å². The molecule has 0 aromatic heterocycles. The Hall–Kier alpha value is -0.160. The van der Waals surface area contributed by atoms with Crippen molar-refractivity contribution in [3.63, 3.8) is 0 Å². The molecule has 0 bridgehead atoms. The van der Waals surface area contributed by atoms with Crippen molar-refractivity contribution in [1.29, 1.82) is 0 Å². The first-order valence-corrected chi connectivity index (χ1v) is 7.48. The fourth-order valence-corrected chi connectivity index (χ4v) is 2.75. The lowest BCUT2D eigenvalue weighted by atomic mass is 10.1. The van der Waals surface area contributed by atoms with Gasteiger partial charge in [-0.05, 0) is 40.0 Å². The highest BCUT2D eigenvalue weighted by atomic mass is 15.3. The number of hydrogen-bond donors (Lipinski definition) is 1. The normalized spacial score (nSPS) is 20.5. The van der Waals surface area contributed by atoms with Gasteiger partial charge in [-0.1, -0.05) is 13.3 Å². The topological polar surface area (TPSA) is 35.7 Å². The molecule has 0 aliphatic carbocycles. The van der Waals surface area contributed by atoms with Crippen LogP contribution in [0.4, 0.5) is 0 Å². The lowest BCUT2D eigenvalue weighted by Crippen LogP contribution is -2.52. The minimum absolute atomic E-state index is 0.610. The predicted molar refractivity (Wildman–Crippen MR) is 78.9 cm³/mol. The van der Waals surface area contributed by atoms with Crippen LogP contribution in [0.5, 0.6) is 0 Å². The molecule has 108 valence electrons. The van der Waals surface area contributed by atoms with E-state index in [1.165, 1.54) is 58.5 Å². The highest BCUT2D eigenvalue weighted by Gasteiger charge is 2.21. The van der Waals surface area contributed by atoms with E-state index in [0.29, 0.717) is 6.04 Å². The Morgan fingerprint density at radius 3 is 2.33 bits per heavy atom. The number of rotatable bonds is 8. The lowest BCUT2D eigenvalue weighted by molar-refractivity contribution is 0.0926. The third-order valence-corrected chi connectivity index (χ3v) is 3.90. The van der Waals surface area contributed by atoms with E-state index in [1.807, 2.05) is 0 Å². The Kier molecular flexibility index (Phi) is 7.82. The molecule has 1 fully saturated rings. The molecule has 0 amide bonds. The Labute approximate surface area is 113 Å². The molecular formula is C14H32N4. The molecule has 1 aliphatic rings. The van der Waals surface area contributed by atoms with Crippen LogP contribution < -0.4 is 5.73 Å². The molecule has 1 atom stereocenters. The number of nitrogens with two attached hydrogens (primary N) is 1. The molecular weight excluding hydrogens is 224 g/mol. The molecule has 0 radical (unpaired) electrons. The quantitative estimate of drug-likeness (QED) is 0.693.